The second-order valence-corrected chi connectivity index (χ2v) is 7.56. The molecule has 26 heavy (non-hydrogen) atoms. The number of rotatable bonds is 2. The molecule has 8 heteroatoms. The molecule has 0 aliphatic carbocycles. The molecule has 1 aromatic heterocycles. The molecule has 1 aliphatic heterocycles. The lowest BCUT2D eigenvalue weighted by Gasteiger charge is -2.30. The highest BCUT2D eigenvalue weighted by atomic mass is 35.5. The number of hydrogen-bond acceptors (Lipinski definition) is 4. The van der Waals surface area contributed by atoms with E-state index in [2.05, 4.69) is 5.10 Å². The molecule has 0 atom stereocenters. The first-order valence-electron chi connectivity index (χ1n) is 8.23. The third-order valence-electron chi connectivity index (χ3n) is 3.98. The number of carboxylic acids is 1. The van der Waals surface area contributed by atoms with E-state index in [4.69, 9.17) is 16.3 Å². The quantitative estimate of drug-likeness (QED) is 0.865. The van der Waals surface area contributed by atoms with Crippen LogP contribution in [0.25, 0.3) is 5.69 Å². The van der Waals surface area contributed by atoms with Gasteiger partial charge in [-0.05, 0) is 45.0 Å². The van der Waals surface area contributed by atoms with Crippen LogP contribution in [0, 0.1) is 0 Å². The molecule has 0 spiro atoms. The second-order valence-electron chi connectivity index (χ2n) is 7.12. The van der Waals surface area contributed by atoms with E-state index in [0.717, 1.165) is 11.4 Å². The van der Waals surface area contributed by atoms with Crippen molar-refractivity contribution in [2.45, 2.75) is 39.3 Å². The average molecular weight is 378 g/mol. The smallest absolute Gasteiger partial charge is 0.410 e. The highest BCUT2D eigenvalue weighted by molar-refractivity contribution is 6.30. The summed E-state index contributed by atoms with van der Waals surface area (Å²) in [6, 6.07) is 7.01. The maximum atomic E-state index is 12.3. The third kappa shape index (κ3) is 3.67. The number of ether oxygens (including phenoxy) is 1. The summed E-state index contributed by atoms with van der Waals surface area (Å²) < 4.78 is 7.01. The fraction of sp³-hybridized carbons (Fsp3) is 0.389. The minimum absolute atomic E-state index is 0.0526. The van der Waals surface area contributed by atoms with Gasteiger partial charge in [0, 0.05) is 23.6 Å². The molecule has 7 nitrogen and oxygen atoms in total. The Morgan fingerprint density at radius 2 is 1.88 bits per heavy atom. The van der Waals surface area contributed by atoms with Crippen molar-refractivity contribution < 1.29 is 19.4 Å². The summed E-state index contributed by atoms with van der Waals surface area (Å²) in [5, 5.41) is 14.4. The molecule has 0 unspecified atom stereocenters. The van der Waals surface area contributed by atoms with E-state index in [1.54, 1.807) is 49.7 Å². The van der Waals surface area contributed by atoms with Crippen molar-refractivity contribution in [3.8, 4) is 5.69 Å². The number of benzene rings is 1. The first-order chi connectivity index (χ1) is 12.2. The summed E-state index contributed by atoms with van der Waals surface area (Å²) >= 11 is 5.92. The Kier molecular flexibility index (Phi) is 4.66. The molecule has 2 heterocycles. The van der Waals surface area contributed by atoms with E-state index >= 15 is 0 Å². The molecule has 1 aromatic carbocycles. The van der Waals surface area contributed by atoms with Crippen molar-refractivity contribution in [3.63, 3.8) is 0 Å². The van der Waals surface area contributed by atoms with Gasteiger partial charge < -0.3 is 14.7 Å². The van der Waals surface area contributed by atoms with E-state index < -0.39 is 17.7 Å². The molecule has 0 bridgehead atoms. The van der Waals surface area contributed by atoms with Crippen LogP contribution in [0.3, 0.4) is 0 Å². The topological polar surface area (TPSA) is 84.7 Å². The molecule has 0 saturated heterocycles. The van der Waals surface area contributed by atoms with E-state index in [1.807, 2.05) is 0 Å². The minimum Gasteiger partial charge on any atom is -0.476 e. The van der Waals surface area contributed by atoms with Crippen molar-refractivity contribution in [2.24, 2.45) is 0 Å². The molecule has 0 saturated carbocycles. The van der Waals surface area contributed by atoms with E-state index in [0.29, 0.717) is 23.6 Å². The van der Waals surface area contributed by atoms with Crippen LogP contribution >= 0.6 is 11.6 Å². The monoisotopic (exact) mass is 377 g/mol. The van der Waals surface area contributed by atoms with Crippen LogP contribution in [0.5, 0.6) is 0 Å². The van der Waals surface area contributed by atoms with Gasteiger partial charge in [0.1, 0.15) is 5.60 Å². The Hall–Kier alpha value is -2.54. The molecule has 2 aromatic rings. The third-order valence-corrected chi connectivity index (χ3v) is 4.23. The number of carbonyl (C=O) groups excluding carboxylic acids is 1. The van der Waals surface area contributed by atoms with Gasteiger partial charge in [-0.15, -0.1) is 0 Å². The number of aromatic nitrogens is 2. The molecule has 0 radical (unpaired) electrons. The van der Waals surface area contributed by atoms with Crippen molar-refractivity contribution in [3.05, 3.63) is 46.2 Å². The molecule has 1 N–H and O–H groups in total. The summed E-state index contributed by atoms with van der Waals surface area (Å²) in [6.45, 7) is 5.96. The van der Waals surface area contributed by atoms with Gasteiger partial charge in [0.15, 0.2) is 5.69 Å². The zero-order valence-electron chi connectivity index (χ0n) is 14.8. The zero-order chi connectivity index (χ0) is 19.1. The number of aromatic carboxylic acids is 1. The van der Waals surface area contributed by atoms with Gasteiger partial charge in [0.25, 0.3) is 0 Å². The van der Waals surface area contributed by atoms with Crippen LogP contribution < -0.4 is 0 Å². The molecular formula is C18H20ClN3O4. The van der Waals surface area contributed by atoms with Gasteiger partial charge in [-0.1, -0.05) is 11.6 Å². The highest BCUT2D eigenvalue weighted by Crippen LogP contribution is 2.27. The Morgan fingerprint density at radius 1 is 1.23 bits per heavy atom. The number of halogens is 1. The highest BCUT2D eigenvalue weighted by Gasteiger charge is 2.32. The Balaban J connectivity index is 1.96. The van der Waals surface area contributed by atoms with Gasteiger partial charge in [0.05, 0.1) is 17.9 Å². The fourth-order valence-corrected chi connectivity index (χ4v) is 2.99. The molecule has 1 aliphatic rings. The lowest BCUT2D eigenvalue weighted by molar-refractivity contribution is 0.0221. The number of fused-ring (bicyclic) bond motifs is 1. The van der Waals surface area contributed by atoms with Crippen LogP contribution in [0.4, 0.5) is 4.79 Å². The molecule has 3 rings (SSSR count). The van der Waals surface area contributed by atoms with Crippen molar-refractivity contribution in [1.82, 2.24) is 14.7 Å². The van der Waals surface area contributed by atoms with E-state index in [1.165, 1.54) is 4.90 Å². The molecule has 0 fully saturated rings. The van der Waals surface area contributed by atoms with Gasteiger partial charge in [-0.25, -0.2) is 14.3 Å². The summed E-state index contributed by atoms with van der Waals surface area (Å²) in [6.07, 6.45) is 0.0241. The van der Waals surface area contributed by atoms with Crippen molar-refractivity contribution >= 4 is 23.7 Å². The van der Waals surface area contributed by atoms with Crippen LogP contribution in [0.1, 0.15) is 42.5 Å². The van der Waals surface area contributed by atoms with Gasteiger partial charge in [0.2, 0.25) is 0 Å². The van der Waals surface area contributed by atoms with Crippen LogP contribution in [-0.4, -0.2) is 44.0 Å². The second kappa shape index (κ2) is 6.64. The number of carbonyl (C=O) groups is 2. The summed E-state index contributed by atoms with van der Waals surface area (Å²) in [7, 11) is 0. The van der Waals surface area contributed by atoms with Gasteiger partial charge >= 0.3 is 12.1 Å². The lowest BCUT2D eigenvalue weighted by Crippen LogP contribution is -2.40. The summed E-state index contributed by atoms with van der Waals surface area (Å²) in [4.78, 5) is 25.5. The predicted octanol–water partition coefficient (Wildman–Crippen LogP) is 3.52. The first-order valence-corrected chi connectivity index (χ1v) is 8.61. The molecular weight excluding hydrogens is 358 g/mol. The summed E-state index contributed by atoms with van der Waals surface area (Å²) in [5.41, 5.74) is 1.38. The largest absolute Gasteiger partial charge is 0.476 e. The zero-order valence-corrected chi connectivity index (χ0v) is 15.6. The van der Waals surface area contributed by atoms with Crippen molar-refractivity contribution in [2.75, 3.05) is 6.54 Å². The number of carboxylic acid groups (broad SMARTS) is 1. The van der Waals surface area contributed by atoms with E-state index in [9.17, 15) is 14.7 Å². The number of amides is 1. The maximum absolute atomic E-state index is 12.3. The lowest BCUT2D eigenvalue weighted by atomic mass is 10.1. The summed E-state index contributed by atoms with van der Waals surface area (Å²) in [5.74, 6) is -1.12. The van der Waals surface area contributed by atoms with Crippen LogP contribution in [-0.2, 0) is 17.7 Å². The SMILES string of the molecule is CC(C)(C)OC(=O)N1CCc2c(c(C(=O)O)nn2-c2ccc(Cl)cc2)C1. The standard InChI is InChI=1S/C18H20ClN3O4/c1-18(2,3)26-17(25)21-9-8-14-13(10-21)15(16(23)24)20-22(14)12-6-4-11(19)5-7-12/h4-7H,8-10H2,1-3H3,(H,23,24). The van der Waals surface area contributed by atoms with E-state index in [-0.39, 0.29) is 12.2 Å². The molecule has 138 valence electrons. The fourth-order valence-electron chi connectivity index (χ4n) is 2.87. The van der Waals surface area contributed by atoms with Crippen molar-refractivity contribution in [1.29, 1.82) is 0 Å². The average Bonchev–Trinajstić information content (AvgIpc) is 2.93. The minimum atomic E-state index is -1.12. The van der Waals surface area contributed by atoms with Gasteiger partial charge in [-0.3, -0.25) is 0 Å². The van der Waals surface area contributed by atoms with Crippen LogP contribution in [0.2, 0.25) is 5.02 Å². The van der Waals surface area contributed by atoms with Crippen LogP contribution in [0.15, 0.2) is 24.3 Å². The predicted molar refractivity (Wildman–Crippen MR) is 95.9 cm³/mol. The maximum Gasteiger partial charge on any atom is 0.410 e. The Morgan fingerprint density at radius 3 is 2.46 bits per heavy atom. The number of nitrogens with zero attached hydrogens (tertiary/aromatic N) is 3. The number of hydrogen-bond donors (Lipinski definition) is 1. The Labute approximate surface area is 156 Å². The first kappa shape index (κ1) is 18.3. The Bertz CT molecular complexity index is 853. The molecule has 1 amide bonds. The van der Waals surface area contributed by atoms with Gasteiger partial charge in [-0.2, -0.15) is 5.10 Å². The normalized spacial score (nSPS) is 14.1.